The maximum Gasteiger partial charge on any atom is 0.329 e. The summed E-state index contributed by atoms with van der Waals surface area (Å²) < 4.78 is 0.876. The average Bonchev–Trinajstić information content (AvgIpc) is 2.94. The van der Waals surface area contributed by atoms with Crippen LogP contribution in [0.25, 0.3) is 10.9 Å². The van der Waals surface area contributed by atoms with Crippen LogP contribution in [0.4, 0.5) is 0 Å². The minimum atomic E-state index is -0.619. The number of β-amino-alcohol motifs (C(OH)–C–C–N with tert-alkyl or cyclic N) is 1. The molecule has 0 saturated carbocycles. The third kappa shape index (κ3) is 3.66. The van der Waals surface area contributed by atoms with Gasteiger partial charge in [0.15, 0.2) is 0 Å². The monoisotopic (exact) mass is 354 g/mol. The van der Waals surface area contributed by atoms with Gasteiger partial charge in [0.1, 0.15) is 6.54 Å². The number of aromatic nitrogens is 2. The Kier molecular flexibility index (Phi) is 5.76. The second kappa shape index (κ2) is 7.61. The molecule has 9 heteroatoms. The van der Waals surface area contributed by atoms with Crippen LogP contribution >= 0.6 is 12.4 Å². The molecule has 130 valence electrons. The van der Waals surface area contributed by atoms with E-state index in [1.54, 1.807) is 24.3 Å². The Morgan fingerprint density at radius 1 is 1.29 bits per heavy atom. The van der Waals surface area contributed by atoms with E-state index in [4.69, 9.17) is 0 Å². The SMILES string of the molecule is Cl.O=C(Cn1c(=O)[nH]c2ccccc2c1=O)NCC1CNCC1O. The number of amides is 1. The number of hydrogen-bond donors (Lipinski definition) is 4. The molecule has 1 aromatic carbocycles. The van der Waals surface area contributed by atoms with E-state index < -0.39 is 23.3 Å². The number of halogens is 1. The Morgan fingerprint density at radius 3 is 2.75 bits per heavy atom. The van der Waals surface area contributed by atoms with E-state index in [0.717, 1.165) is 4.57 Å². The van der Waals surface area contributed by atoms with Gasteiger partial charge in [0.05, 0.1) is 17.0 Å². The van der Waals surface area contributed by atoms with Crippen molar-refractivity contribution in [1.82, 2.24) is 20.2 Å². The molecule has 1 amide bonds. The molecule has 24 heavy (non-hydrogen) atoms. The van der Waals surface area contributed by atoms with E-state index in [1.165, 1.54) is 0 Å². The zero-order chi connectivity index (χ0) is 16.4. The molecule has 1 aliphatic heterocycles. The van der Waals surface area contributed by atoms with Crippen molar-refractivity contribution in [2.75, 3.05) is 19.6 Å². The van der Waals surface area contributed by atoms with Crippen molar-refractivity contribution in [3.8, 4) is 0 Å². The first-order chi connectivity index (χ1) is 11.1. The Hall–Kier alpha value is -2.16. The van der Waals surface area contributed by atoms with Crippen molar-refractivity contribution in [1.29, 1.82) is 0 Å². The van der Waals surface area contributed by atoms with Gasteiger partial charge in [-0.15, -0.1) is 12.4 Å². The van der Waals surface area contributed by atoms with Crippen LogP contribution < -0.4 is 21.9 Å². The smallest absolute Gasteiger partial charge is 0.329 e. The Balaban J connectivity index is 0.00000208. The normalized spacial score (nSPS) is 19.9. The summed E-state index contributed by atoms with van der Waals surface area (Å²) in [5.74, 6) is -0.502. The Morgan fingerprint density at radius 2 is 2.04 bits per heavy atom. The van der Waals surface area contributed by atoms with Crippen LogP contribution in [-0.4, -0.2) is 46.3 Å². The first-order valence-corrected chi connectivity index (χ1v) is 7.43. The van der Waals surface area contributed by atoms with E-state index in [9.17, 15) is 19.5 Å². The van der Waals surface area contributed by atoms with Gasteiger partial charge in [-0.2, -0.15) is 0 Å². The number of carbonyl (C=O) groups is 1. The topological polar surface area (TPSA) is 116 Å². The fourth-order valence-electron chi connectivity index (χ4n) is 2.71. The summed E-state index contributed by atoms with van der Waals surface area (Å²) in [6.45, 7) is 1.07. The Bertz CT molecular complexity index is 847. The van der Waals surface area contributed by atoms with Crippen LogP contribution in [0.15, 0.2) is 33.9 Å². The summed E-state index contributed by atoms with van der Waals surface area (Å²) in [6, 6.07) is 6.65. The molecule has 0 spiro atoms. The molecule has 3 rings (SSSR count). The van der Waals surface area contributed by atoms with Crippen LogP contribution in [0, 0.1) is 5.92 Å². The number of rotatable bonds is 4. The molecule has 2 aromatic rings. The lowest BCUT2D eigenvalue weighted by Gasteiger charge is -2.14. The molecule has 4 N–H and O–H groups in total. The standard InChI is InChI=1S/C15H18N4O4.ClH/c20-12-7-16-5-9(12)6-17-13(21)8-19-14(22)10-3-1-2-4-11(10)18-15(19)23;/h1-4,9,12,16,20H,5-8H2,(H,17,21)(H,18,23);1H. The molecule has 2 unspecified atom stereocenters. The molecule has 1 aromatic heterocycles. The van der Waals surface area contributed by atoms with Crippen molar-refractivity contribution in [2.24, 2.45) is 5.92 Å². The van der Waals surface area contributed by atoms with Gasteiger partial charge in [-0.25, -0.2) is 4.79 Å². The quantitative estimate of drug-likeness (QED) is 0.551. The van der Waals surface area contributed by atoms with Gasteiger partial charge in [-0.3, -0.25) is 14.2 Å². The fraction of sp³-hybridized carbons (Fsp3) is 0.400. The van der Waals surface area contributed by atoms with Crippen molar-refractivity contribution in [2.45, 2.75) is 12.6 Å². The fourth-order valence-corrected chi connectivity index (χ4v) is 2.71. The van der Waals surface area contributed by atoms with E-state index in [2.05, 4.69) is 15.6 Å². The van der Waals surface area contributed by atoms with E-state index in [-0.39, 0.29) is 24.9 Å². The number of aliphatic hydroxyl groups excluding tert-OH is 1. The van der Waals surface area contributed by atoms with Crippen molar-refractivity contribution >= 4 is 29.2 Å². The second-order valence-electron chi connectivity index (χ2n) is 5.66. The van der Waals surface area contributed by atoms with E-state index in [0.29, 0.717) is 30.5 Å². The predicted molar refractivity (Wildman–Crippen MR) is 91.5 cm³/mol. The van der Waals surface area contributed by atoms with Gasteiger partial charge in [0.2, 0.25) is 5.91 Å². The second-order valence-corrected chi connectivity index (χ2v) is 5.66. The predicted octanol–water partition coefficient (Wildman–Crippen LogP) is -1.19. The highest BCUT2D eigenvalue weighted by atomic mass is 35.5. The first-order valence-electron chi connectivity index (χ1n) is 7.43. The number of para-hydroxylation sites is 1. The van der Waals surface area contributed by atoms with Crippen molar-refractivity contribution in [3.05, 3.63) is 45.1 Å². The molecule has 2 atom stereocenters. The zero-order valence-corrected chi connectivity index (χ0v) is 13.6. The number of benzene rings is 1. The van der Waals surface area contributed by atoms with Gasteiger partial charge in [0.25, 0.3) is 5.56 Å². The minimum absolute atomic E-state index is 0. The third-order valence-electron chi connectivity index (χ3n) is 4.06. The highest BCUT2D eigenvalue weighted by Crippen LogP contribution is 2.07. The van der Waals surface area contributed by atoms with Gasteiger partial charge in [-0.1, -0.05) is 12.1 Å². The summed E-state index contributed by atoms with van der Waals surface area (Å²) in [4.78, 5) is 38.9. The third-order valence-corrected chi connectivity index (χ3v) is 4.06. The summed E-state index contributed by atoms with van der Waals surface area (Å²) in [5.41, 5.74) is -0.673. The van der Waals surface area contributed by atoms with Crippen LogP contribution in [0.2, 0.25) is 0 Å². The molecule has 0 radical (unpaired) electrons. The molecule has 1 aliphatic rings. The number of aliphatic hydroxyl groups is 1. The summed E-state index contributed by atoms with van der Waals surface area (Å²) in [6.07, 6.45) is -0.498. The maximum atomic E-state index is 12.3. The number of H-pyrrole nitrogens is 1. The average molecular weight is 355 g/mol. The van der Waals surface area contributed by atoms with Gasteiger partial charge >= 0.3 is 5.69 Å². The van der Waals surface area contributed by atoms with Gasteiger partial charge < -0.3 is 20.7 Å². The minimum Gasteiger partial charge on any atom is -0.391 e. The molecule has 8 nitrogen and oxygen atoms in total. The molecular weight excluding hydrogens is 336 g/mol. The lowest BCUT2D eigenvalue weighted by molar-refractivity contribution is -0.122. The lowest BCUT2D eigenvalue weighted by atomic mass is 10.1. The number of fused-ring (bicyclic) bond motifs is 1. The molecular formula is C15H19ClN4O4. The Labute approximate surface area is 143 Å². The number of nitrogens with zero attached hydrogens (tertiary/aromatic N) is 1. The summed E-state index contributed by atoms with van der Waals surface area (Å²) in [5, 5.41) is 15.7. The highest BCUT2D eigenvalue weighted by Gasteiger charge is 2.25. The lowest BCUT2D eigenvalue weighted by Crippen LogP contribution is -2.42. The van der Waals surface area contributed by atoms with Crippen LogP contribution in [0.3, 0.4) is 0 Å². The molecule has 1 saturated heterocycles. The number of hydrogen-bond acceptors (Lipinski definition) is 5. The molecule has 0 aliphatic carbocycles. The largest absolute Gasteiger partial charge is 0.391 e. The number of aromatic amines is 1. The van der Waals surface area contributed by atoms with E-state index >= 15 is 0 Å². The summed E-state index contributed by atoms with van der Waals surface area (Å²) >= 11 is 0. The van der Waals surface area contributed by atoms with Crippen LogP contribution in [0.5, 0.6) is 0 Å². The highest BCUT2D eigenvalue weighted by molar-refractivity contribution is 5.85. The van der Waals surface area contributed by atoms with Crippen molar-refractivity contribution in [3.63, 3.8) is 0 Å². The zero-order valence-electron chi connectivity index (χ0n) is 12.8. The van der Waals surface area contributed by atoms with Crippen LogP contribution in [0.1, 0.15) is 0 Å². The summed E-state index contributed by atoms with van der Waals surface area (Å²) in [7, 11) is 0. The van der Waals surface area contributed by atoms with Gasteiger partial charge in [-0.05, 0) is 12.1 Å². The van der Waals surface area contributed by atoms with Gasteiger partial charge in [0, 0.05) is 25.6 Å². The van der Waals surface area contributed by atoms with Crippen molar-refractivity contribution < 1.29 is 9.90 Å². The number of nitrogens with one attached hydrogen (secondary N) is 3. The molecule has 2 heterocycles. The first kappa shape index (κ1) is 18.2. The number of carbonyl (C=O) groups excluding carboxylic acids is 1. The van der Waals surface area contributed by atoms with Crippen LogP contribution in [-0.2, 0) is 11.3 Å². The maximum absolute atomic E-state index is 12.3. The van der Waals surface area contributed by atoms with E-state index in [1.807, 2.05) is 0 Å². The molecule has 1 fully saturated rings. The molecule has 0 bridgehead atoms.